The van der Waals surface area contributed by atoms with Crippen LogP contribution in [0.3, 0.4) is 0 Å². The molecule has 0 fully saturated rings. The van der Waals surface area contributed by atoms with Crippen LogP contribution in [-0.4, -0.2) is 48.7 Å². The van der Waals surface area contributed by atoms with Gasteiger partial charge in [0.15, 0.2) is 0 Å². The van der Waals surface area contributed by atoms with Gasteiger partial charge in [0.2, 0.25) is 0 Å². The Hall–Kier alpha value is 0.0300. The summed E-state index contributed by atoms with van der Waals surface area (Å²) in [7, 11) is -3.79. The van der Waals surface area contributed by atoms with Gasteiger partial charge < -0.3 is 26.2 Å². The average Bonchev–Trinajstić information content (AvgIpc) is 2.52. The van der Waals surface area contributed by atoms with Gasteiger partial charge in [-0.25, -0.2) is 0 Å². The molecule has 6 nitrogen and oxygen atoms in total. The van der Waals surface area contributed by atoms with Crippen molar-refractivity contribution in [3.8, 4) is 0 Å². The molecule has 0 aliphatic rings. The molecule has 7 heteroatoms. The number of nitrogens with one attached hydrogen (secondary N) is 2. The van der Waals surface area contributed by atoms with Crippen molar-refractivity contribution in [3.05, 3.63) is 0 Å². The first-order valence-corrected chi connectivity index (χ1v) is 11.5. The Kier molecular flexibility index (Phi) is 17.9. The van der Waals surface area contributed by atoms with Crippen molar-refractivity contribution < 1.29 is 14.4 Å². The number of unbranched alkanes of at least 4 members (excludes halogenated alkanes) is 8. The van der Waals surface area contributed by atoms with Gasteiger partial charge in [0.05, 0.1) is 0 Å². The first-order chi connectivity index (χ1) is 11.6. The lowest BCUT2D eigenvalue weighted by Crippen LogP contribution is -2.18. The quantitative estimate of drug-likeness (QED) is 0.178. The molecule has 0 radical (unpaired) electrons. The summed E-state index contributed by atoms with van der Waals surface area (Å²) in [5, 5.41) is 6.90. The minimum absolute atomic E-state index is 0.0226. The molecule has 0 rings (SSSR count). The first-order valence-electron chi connectivity index (χ1n) is 9.72. The van der Waals surface area contributed by atoms with Crippen LogP contribution in [-0.2, 0) is 4.57 Å². The summed E-state index contributed by atoms with van der Waals surface area (Å²) in [6.07, 6.45) is 12.5. The lowest BCUT2D eigenvalue weighted by Gasteiger charge is -2.06. The standard InChI is InChI=1S/C17H40N3O3P/c18-12-6-1-2-7-13-19-14-8-3-4-9-15-20-16-10-5-11-17-24(21,22)23/h19-20H,1-18H2,(H2,21,22,23). The van der Waals surface area contributed by atoms with Crippen LogP contribution in [0.5, 0.6) is 0 Å². The smallest absolute Gasteiger partial charge is 0.325 e. The first kappa shape index (κ1) is 24.0. The molecule has 0 aromatic heterocycles. The second-order valence-corrected chi connectivity index (χ2v) is 8.34. The Bertz CT molecular complexity index is 301. The van der Waals surface area contributed by atoms with Gasteiger partial charge >= 0.3 is 7.60 Å². The highest BCUT2D eigenvalue weighted by Gasteiger charge is 2.10. The summed E-state index contributed by atoms with van der Waals surface area (Å²) in [6.45, 7) is 5.08. The van der Waals surface area contributed by atoms with Crippen molar-refractivity contribution >= 4 is 7.60 Å². The molecule has 0 bridgehead atoms. The van der Waals surface area contributed by atoms with Crippen molar-refractivity contribution in [2.45, 2.75) is 70.6 Å². The Morgan fingerprint density at radius 2 is 1.00 bits per heavy atom. The van der Waals surface area contributed by atoms with Gasteiger partial charge in [-0.15, -0.1) is 0 Å². The van der Waals surface area contributed by atoms with Gasteiger partial charge in [-0.1, -0.05) is 32.1 Å². The van der Waals surface area contributed by atoms with Gasteiger partial charge in [-0.2, -0.15) is 0 Å². The van der Waals surface area contributed by atoms with Gasteiger partial charge in [-0.3, -0.25) is 4.57 Å². The summed E-state index contributed by atoms with van der Waals surface area (Å²) in [4.78, 5) is 17.5. The molecule has 0 saturated heterocycles. The zero-order valence-corrected chi connectivity index (χ0v) is 16.2. The Labute approximate surface area is 148 Å². The Morgan fingerprint density at radius 1 is 0.625 bits per heavy atom. The molecule has 0 aromatic rings. The molecular weight excluding hydrogens is 325 g/mol. The van der Waals surface area contributed by atoms with Gasteiger partial charge in [0, 0.05) is 6.16 Å². The van der Waals surface area contributed by atoms with Gasteiger partial charge in [0.25, 0.3) is 0 Å². The molecule has 0 heterocycles. The summed E-state index contributed by atoms with van der Waals surface area (Å²) >= 11 is 0. The molecular formula is C17H40N3O3P. The second-order valence-electron chi connectivity index (χ2n) is 6.57. The third-order valence-electron chi connectivity index (χ3n) is 4.07. The van der Waals surface area contributed by atoms with Crippen LogP contribution in [0, 0.1) is 0 Å². The SMILES string of the molecule is NCCCCCCNCCCCCCNCCCCCP(=O)(O)O. The molecule has 0 amide bonds. The number of rotatable bonds is 19. The molecule has 0 spiro atoms. The van der Waals surface area contributed by atoms with Crippen LogP contribution in [0.2, 0.25) is 0 Å². The van der Waals surface area contributed by atoms with E-state index in [0.29, 0.717) is 6.42 Å². The highest BCUT2D eigenvalue weighted by molar-refractivity contribution is 7.51. The van der Waals surface area contributed by atoms with Gasteiger partial charge in [-0.05, 0) is 71.2 Å². The van der Waals surface area contributed by atoms with E-state index in [0.717, 1.165) is 52.0 Å². The Balaban J connectivity index is 3.02. The lowest BCUT2D eigenvalue weighted by atomic mass is 10.2. The molecule has 0 saturated carbocycles. The Morgan fingerprint density at radius 3 is 1.38 bits per heavy atom. The fraction of sp³-hybridized carbons (Fsp3) is 1.00. The zero-order chi connectivity index (χ0) is 17.9. The molecule has 24 heavy (non-hydrogen) atoms. The van der Waals surface area contributed by atoms with E-state index in [1.165, 1.54) is 44.9 Å². The van der Waals surface area contributed by atoms with E-state index in [4.69, 9.17) is 15.5 Å². The summed E-state index contributed by atoms with van der Waals surface area (Å²) in [5.41, 5.74) is 5.46. The summed E-state index contributed by atoms with van der Waals surface area (Å²) in [6, 6.07) is 0. The van der Waals surface area contributed by atoms with E-state index < -0.39 is 7.60 Å². The number of hydrogen-bond donors (Lipinski definition) is 5. The van der Waals surface area contributed by atoms with Gasteiger partial charge in [0.1, 0.15) is 0 Å². The summed E-state index contributed by atoms with van der Waals surface area (Å²) < 4.78 is 10.7. The molecule has 146 valence electrons. The number of nitrogens with two attached hydrogens (primary N) is 1. The predicted octanol–water partition coefficient (Wildman–Crippen LogP) is 2.59. The van der Waals surface area contributed by atoms with Crippen LogP contribution in [0.4, 0.5) is 0 Å². The summed E-state index contributed by atoms with van der Waals surface area (Å²) in [5.74, 6) is 0. The molecule has 0 unspecified atom stereocenters. The minimum atomic E-state index is -3.79. The normalized spacial score (nSPS) is 12.0. The average molecular weight is 365 g/mol. The third kappa shape index (κ3) is 22.0. The van der Waals surface area contributed by atoms with Crippen LogP contribution in [0.15, 0.2) is 0 Å². The monoisotopic (exact) mass is 365 g/mol. The molecule has 0 atom stereocenters. The third-order valence-corrected chi connectivity index (χ3v) is 4.97. The lowest BCUT2D eigenvalue weighted by molar-refractivity contribution is 0.370. The largest absolute Gasteiger partial charge is 0.330 e. The molecule has 6 N–H and O–H groups in total. The highest BCUT2D eigenvalue weighted by Crippen LogP contribution is 2.35. The maximum absolute atomic E-state index is 10.7. The van der Waals surface area contributed by atoms with E-state index in [-0.39, 0.29) is 6.16 Å². The van der Waals surface area contributed by atoms with Crippen molar-refractivity contribution in [1.29, 1.82) is 0 Å². The topological polar surface area (TPSA) is 108 Å². The van der Waals surface area contributed by atoms with Crippen molar-refractivity contribution in [2.24, 2.45) is 5.73 Å². The predicted molar refractivity (Wildman–Crippen MR) is 102 cm³/mol. The zero-order valence-electron chi connectivity index (χ0n) is 15.3. The highest BCUT2D eigenvalue weighted by atomic mass is 31.2. The maximum Gasteiger partial charge on any atom is 0.325 e. The fourth-order valence-electron chi connectivity index (χ4n) is 2.60. The van der Waals surface area contributed by atoms with E-state index in [9.17, 15) is 4.57 Å². The number of hydrogen-bond acceptors (Lipinski definition) is 4. The van der Waals surface area contributed by atoms with E-state index in [2.05, 4.69) is 10.6 Å². The van der Waals surface area contributed by atoms with Crippen LogP contribution >= 0.6 is 7.60 Å². The molecule has 0 aliphatic carbocycles. The van der Waals surface area contributed by atoms with Crippen molar-refractivity contribution in [1.82, 2.24) is 10.6 Å². The second kappa shape index (κ2) is 17.8. The fourth-order valence-corrected chi connectivity index (χ4v) is 3.23. The van der Waals surface area contributed by atoms with Crippen LogP contribution in [0.1, 0.15) is 70.6 Å². The van der Waals surface area contributed by atoms with Crippen molar-refractivity contribution in [3.63, 3.8) is 0 Å². The van der Waals surface area contributed by atoms with E-state index in [1.807, 2.05) is 0 Å². The van der Waals surface area contributed by atoms with E-state index in [1.54, 1.807) is 0 Å². The van der Waals surface area contributed by atoms with Crippen LogP contribution < -0.4 is 16.4 Å². The van der Waals surface area contributed by atoms with Crippen LogP contribution in [0.25, 0.3) is 0 Å². The molecule has 0 aromatic carbocycles. The molecule has 0 aliphatic heterocycles. The van der Waals surface area contributed by atoms with E-state index >= 15 is 0 Å². The van der Waals surface area contributed by atoms with Crippen molar-refractivity contribution in [2.75, 3.05) is 38.9 Å². The minimum Gasteiger partial charge on any atom is -0.330 e. The maximum atomic E-state index is 10.7.